The molecule has 0 unspecified atom stereocenters. The maximum atomic E-state index is 10.5. The van der Waals surface area contributed by atoms with Gasteiger partial charge in [-0.15, -0.1) is 0 Å². The van der Waals surface area contributed by atoms with E-state index in [0.717, 1.165) is 11.3 Å². The highest BCUT2D eigenvalue weighted by atomic mass is 16.5. The highest BCUT2D eigenvalue weighted by Crippen LogP contribution is 2.13. The topological polar surface area (TPSA) is 82.3 Å². The molecule has 0 bridgehead atoms. The van der Waals surface area contributed by atoms with Crippen molar-refractivity contribution in [1.29, 1.82) is 5.26 Å². The molecule has 1 aromatic rings. The summed E-state index contributed by atoms with van der Waals surface area (Å²) in [5.41, 5.74) is 0.958. The fraction of sp³-hybridized carbons (Fsp3) is 0.333. The van der Waals surface area contributed by atoms with Crippen molar-refractivity contribution < 1.29 is 14.6 Å². The number of amides is 1. The van der Waals surface area contributed by atoms with Crippen LogP contribution in [0.25, 0.3) is 0 Å². The van der Waals surface area contributed by atoms with Gasteiger partial charge in [-0.1, -0.05) is 12.1 Å². The first-order chi connectivity index (χ1) is 8.15. The predicted octanol–water partition coefficient (Wildman–Crippen LogP) is 1.79. The Bertz CT molecular complexity index is 409. The molecule has 0 saturated carbocycles. The molecule has 1 amide bonds. The first-order valence-electron chi connectivity index (χ1n) is 5.15. The molecular weight excluding hydrogens is 220 g/mol. The molecule has 5 heteroatoms. The SMILES string of the molecule is COc1ccc(C[C@@H](CC#N)NC(=O)O)cc1. The number of methoxy groups -OCH3 is 1. The van der Waals surface area contributed by atoms with Crippen molar-refractivity contribution in [3.8, 4) is 11.8 Å². The van der Waals surface area contributed by atoms with Crippen molar-refractivity contribution in [1.82, 2.24) is 5.32 Å². The van der Waals surface area contributed by atoms with Gasteiger partial charge in [0.15, 0.2) is 0 Å². The molecule has 5 nitrogen and oxygen atoms in total. The summed E-state index contributed by atoms with van der Waals surface area (Å²) in [5, 5.41) is 19.6. The molecule has 0 fully saturated rings. The fourth-order valence-corrected chi connectivity index (χ4v) is 1.51. The van der Waals surface area contributed by atoms with E-state index in [-0.39, 0.29) is 12.5 Å². The summed E-state index contributed by atoms with van der Waals surface area (Å²) >= 11 is 0. The van der Waals surface area contributed by atoms with E-state index >= 15 is 0 Å². The molecule has 0 radical (unpaired) electrons. The summed E-state index contributed by atoms with van der Waals surface area (Å²) in [7, 11) is 1.58. The van der Waals surface area contributed by atoms with Crippen LogP contribution in [0, 0.1) is 11.3 Å². The van der Waals surface area contributed by atoms with Gasteiger partial charge in [-0.2, -0.15) is 5.26 Å². The van der Waals surface area contributed by atoms with Gasteiger partial charge in [0, 0.05) is 6.04 Å². The highest BCUT2D eigenvalue weighted by Gasteiger charge is 2.11. The van der Waals surface area contributed by atoms with Crippen molar-refractivity contribution >= 4 is 6.09 Å². The zero-order chi connectivity index (χ0) is 12.7. The van der Waals surface area contributed by atoms with Crippen LogP contribution in [0.15, 0.2) is 24.3 Å². The van der Waals surface area contributed by atoms with Crippen LogP contribution in [-0.4, -0.2) is 24.4 Å². The van der Waals surface area contributed by atoms with Crippen LogP contribution < -0.4 is 10.1 Å². The van der Waals surface area contributed by atoms with E-state index in [2.05, 4.69) is 5.32 Å². The average Bonchev–Trinajstić information content (AvgIpc) is 2.29. The van der Waals surface area contributed by atoms with Crippen LogP contribution in [0.2, 0.25) is 0 Å². The number of hydrogen-bond acceptors (Lipinski definition) is 3. The second kappa shape index (κ2) is 6.38. The van der Waals surface area contributed by atoms with E-state index in [1.54, 1.807) is 19.2 Å². The summed E-state index contributed by atoms with van der Waals surface area (Å²) in [4.78, 5) is 10.5. The third-order valence-corrected chi connectivity index (χ3v) is 2.31. The average molecular weight is 234 g/mol. The smallest absolute Gasteiger partial charge is 0.404 e. The largest absolute Gasteiger partial charge is 0.497 e. The van der Waals surface area contributed by atoms with Gasteiger partial charge in [0.1, 0.15) is 5.75 Å². The summed E-state index contributed by atoms with van der Waals surface area (Å²) in [6, 6.07) is 8.90. The normalized spacial score (nSPS) is 11.3. The van der Waals surface area contributed by atoms with E-state index in [9.17, 15) is 4.79 Å². The van der Waals surface area contributed by atoms with Gasteiger partial charge in [-0.25, -0.2) is 4.79 Å². The quantitative estimate of drug-likeness (QED) is 0.813. The van der Waals surface area contributed by atoms with Crippen molar-refractivity contribution in [3.63, 3.8) is 0 Å². The number of rotatable bonds is 5. The van der Waals surface area contributed by atoms with Gasteiger partial charge in [-0.05, 0) is 24.1 Å². The summed E-state index contributed by atoms with van der Waals surface area (Å²) in [6.45, 7) is 0. The van der Waals surface area contributed by atoms with Crippen LogP contribution in [0.5, 0.6) is 5.75 Å². The zero-order valence-electron chi connectivity index (χ0n) is 9.51. The Morgan fingerprint density at radius 3 is 2.65 bits per heavy atom. The molecular formula is C12H14N2O3. The first kappa shape index (κ1) is 12.8. The molecule has 0 aliphatic carbocycles. The van der Waals surface area contributed by atoms with Gasteiger partial charge in [-0.3, -0.25) is 0 Å². The molecule has 0 aromatic heterocycles. The maximum absolute atomic E-state index is 10.5. The Morgan fingerprint density at radius 1 is 1.53 bits per heavy atom. The van der Waals surface area contributed by atoms with Crippen molar-refractivity contribution in [2.45, 2.75) is 18.9 Å². The Kier molecular flexibility index (Phi) is 4.82. The van der Waals surface area contributed by atoms with Crippen molar-refractivity contribution in [2.75, 3.05) is 7.11 Å². The summed E-state index contributed by atoms with van der Waals surface area (Å²) in [6.07, 6.45) is -0.471. The van der Waals surface area contributed by atoms with Gasteiger partial charge in [0.2, 0.25) is 0 Å². The molecule has 0 aliphatic heterocycles. The molecule has 90 valence electrons. The fourth-order valence-electron chi connectivity index (χ4n) is 1.51. The van der Waals surface area contributed by atoms with Crippen LogP contribution in [0.3, 0.4) is 0 Å². The third kappa shape index (κ3) is 4.43. The van der Waals surface area contributed by atoms with E-state index < -0.39 is 6.09 Å². The van der Waals surface area contributed by atoms with E-state index in [1.807, 2.05) is 18.2 Å². The lowest BCUT2D eigenvalue weighted by atomic mass is 10.0. The van der Waals surface area contributed by atoms with E-state index in [4.69, 9.17) is 15.1 Å². The summed E-state index contributed by atoms with van der Waals surface area (Å²) in [5.74, 6) is 0.747. The lowest BCUT2D eigenvalue weighted by Crippen LogP contribution is -2.35. The van der Waals surface area contributed by atoms with Crippen LogP contribution in [0.1, 0.15) is 12.0 Å². The monoisotopic (exact) mass is 234 g/mol. The Morgan fingerprint density at radius 2 is 2.18 bits per heavy atom. The van der Waals surface area contributed by atoms with Gasteiger partial charge < -0.3 is 15.2 Å². The third-order valence-electron chi connectivity index (χ3n) is 2.31. The molecule has 2 N–H and O–H groups in total. The minimum atomic E-state index is -1.11. The standard InChI is InChI=1S/C12H14N2O3/c1-17-11-4-2-9(3-5-11)8-10(6-7-13)14-12(15)16/h2-5,10,14H,6,8H2,1H3,(H,15,16)/t10-/m1/s1. The number of carbonyl (C=O) groups is 1. The van der Waals surface area contributed by atoms with Crippen LogP contribution in [0.4, 0.5) is 4.79 Å². The number of nitriles is 1. The molecule has 17 heavy (non-hydrogen) atoms. The Labute approximate surface area is 99.6 Å². The minimum Gasteiger partial charge on any atom is -0.497 e. The second-order valence-corrected chi connectivity index (χ2v) is 3.56. The van der Waals surface area contributed by atoms with Gasteiger partial charge >= 0.3 is 6.09 Å². The minimum absolute atomic E-state index is 0.151. The highest BCUT2D eigenvalue weighted by molar-refractivity contribution is 5.64. The van der Waals surface area contributed by atoms with E-state index in [1.165, 1.54) is 0 Å². The number of nitrogens with zero attached hydrogens (tertiary/aromatic N) is 1. The van der Waals surface area contributed by atoms with Crippen LogP contribution >= 0.6 is 0 Å². The number of benzene rings is 1. The molecule has 0 heterocycles. The zero-order valence-corrected chi connectivity index (χ0v) is 9.51. The maximum Gasteiger partial charge on any atom is 0.404 e. The number of nitrogens with one attached hydrogen (secondary N) is 1. The van der Waals surface area contributed by atoms with E-state index in [0.29, 0.717) is 6.42 Å². The Hall–Kier alpha value is -2.22. The van der Waals surface area contributed by atoms with Crippen LogP contribution in [-0.2, 0) is 6.42 Å². The second-order valence-electron chi connectivity index (χ2n) is 3.56. The molecule has 1 rings (SSSR count). The van der Waals surface area contributed by atoms with Gasteiger partial charge in [0.05, 0.1) is 19.6 Å². The van der Waals surface area contributed by atoms with Crippen molar-refractivity contribution in [3.05, 3.63) is 29.8 Å². The molecule has 1 atom stereocenters. The number of ether oxygens (including phenoxy) is 1. The van der Waals surface area contributed by atoms with Gasteiger partial charge in [0.25, 0.3) is 0 Å². The lowest BCUT2D eigenvalue weighted by Gasteiger charge is -2.13. The number of hydrogen-bond donors (Lipinski definition) is 2. The lowest BCUT2D eigenvalue weighted by molar-refractivity contribution is 0.190. The summed E-state index contributed by atoms with van der Waals surface area (Å²) < 4.78 is 5.02. The molecule has 1 aromatic carbocycles. The van der Waals surface area contributed by atoms with Crippen molar-refractivity contribution in [2.24, 2.45) is 0 Å². The first-order valence-corrected chi connectivity index (χ1v) is 5.15. The predicted molar refractivity (Wildman–Crippen MR) is 61.9 cm³/mol. The molecule has 0 saturated heterocycles. The Balaban J connectivity index is 2.65. The number of carboxylic acid groups (broad SMARTS) is 1. The molecule has 0 aliphatic rings. The molecule has 0 spiro atoms.